The molecule has 1 aromatic carbocycles. The maximum Gasteiger partial charge on any atom is 0.257 e. The summed E-state index contributed by atoms with van der Waals surface area (Å²) in [5, 5.41) is 1.99. The van der Waals surface area contributed by atoms with Crippen LogP contribution in [0.4, 0.5) is 0 Å². The molecular formula is C18H26N2O3. The van der Waals surface area contributed by atoms with Gasteiger partial charge in [-0.25, -0.2) is 0 Å². The minimum Gasteiger partial charge on any atom is -0.496 e. The SMILES string of the molecule is COc1cc(ON2CCCCC2)ccc1C(=O)N1CCCCC1. The summed E-state index contributed by atoms with van der Waals surface area (Å²) in [5.41, 5.74) is 0.625. The van der Waals surface area contributed by atoms with E-state index in [1.165, 1.54) is 25.7 Å². The molecule has 0 unspecified atom stereocenters. The molecule has 2 aliphatic rings. The number of carbonyl (C=O) groups excluding carboxylic acids is 1. The summed E-state index contributed by atoms with van der Waals surface area (Å²) in [5.74, 6) is 1.39. The van der Waals surface area contributed by atoms with Crippen molar-refractivity contribution >= 4 is 5.91 Å². The fourth-order valence-corrected chi connectivity index (χ4v) is 3.28. The normalized spacial score (nSPS) is 19.4. The summed E-state index contributed by atoms with van der Waals surface area (Å²) < 4.78 is 5.44. The van der Waals surface area contributed by atoms with Crippen molar-refractivity contribution in [1.82, 2.24) is 9.96 Å². The van der Waals surface area contributed by atoms with E-state index in [1.54, 1.807) is 7.11 Å². The second-order valence-corrected chi connectivity index (χ2v) is 6.30. The van der Waals surface area contributed by atoms with Crippen LogP contribution in [0.1, 0.15) is 48.9 Å². The molecule has 2 aliphatic heterocycles. The summed E-state index contributed by atoms with van der Waals surface area (Å²) in [7, 11) is 1.60. The summed E-state index contributed by atoms with van der Waals surface area (Å²) in [6.07, 6.45) is 7.00. The predicted octanol–water partition coefficient (Wildman–Crippen LogP) is 3.10. The van der Waals surface area contributed by atoms with Gasteiger partial charge >= 0.3 is 0 Å². The Balaban J connectivity index is 1.72. The zero-order valence-electron chi connectivity index (χ0n) is 13.9. The number of methoxy groups -OCH3 is 1. The van der Waals surface area contributed by atoms with Crippen molar-refractivity contribution < 1.29 is 14.4 Å². The van der Waals surface area contributed by atoms with E-state index in [9.17, 15) is 4.79 Å². The highest BCUT2D eigenvalue weighted by molar-refractivity contribution is 5.97. The second kappa shape index (κ2) is 7.68. The van der Waals surface area contributed by atoms with Crippen LogP contribution in [0, 0.1) is 0 Å². The first-order valence-corrected chi connectivity index (χ1v) is 8.68. The molecule has 5 heteroatoms. The Hall–Kier alpha value is -1.75. The Kier molecular flexibility index (Phi) is 5.39. The summed E-state index contributed by atoms with van der Waals surface area (Å²) in [4.78, 5) is 20.5. The number of piperidine rings is 2. The predicted molar refractivity (Wildman–Crippen MR) is 88.8 cm³/mol. The number of benzene rings is 1. The fraction of sp³-hybridized carbons (Fsp3) is 0.611. The zero-order valence-corrected chi connectivity index (χ0v) is 13.9. The molecule has 0 spiro atoms. The average molecular weight is 318 g/mol. The van der Waals surface area contributed by atoms with Gasteiger partial charge in [-0.3, -0.25) is 4.79 Å². The standard InChI is InChI=1S/C18H26N2O3/c1-22-17-14-15(23-20-12-6-3-7-13-20)8-9-16(17)18(21)19-10-4-2-5-11-19/h8-9,14H,2-7,10-13H2,1H3. The molecule has 0 atom stereocenters. The van der Waals surface area contributed by atoms with E-state index in [0.29, 0.717) is 11.3 Å². The highest BCUT2D eigenvalue weighted by atomic mass is 16.7. The van der Waals surface area contributed by atoms with E-state index in [1.807, 2.05) is 28.2 Å². The lowest BCUT2D eigenvalue weighted by Crippen LogP contribution is -2.35. The molecule has 2 saturated heterocycles. The van der Waals surface area contributed by atoms with E-state index < -0.39 is 0 Å². The summed E-state index contributed by atoms with van der Waals surface area (Å²) in [6.45, 7) is 3.59. The van der Waals surface area contributed by atoms with Gasteiger partial charge in [0.1, 0.15) is 5.75 Å². The van der Waals surface area contributed by atoms with E-state index >= 15 is 0 Å². The molecule has 0 bridgehead atoms. The summed E-state index contributed by atoms with van der Waals surface area (Å²) in [6, 6.07) is 5.52. The first-order valence-electron chi connectivity index (χ1n) is 8.68. The van der Waals surface area contributed by atoms with Gasteiger partial charge in [-0.15, -0.1) is 5.06 Å². The minimum atomic E-state index is 0.0612. The molecule has 3 rings (SSSR count). The lowest BCUT2D eigenvalue weighted by atomic mass is 10.1. The Morgan fingerprint density at radius 2 is 1.61 bits per heavy atom. The Morgan fingerprint density at radius 1 is 0.957 bits per heavy atom. The molecule has 1 amide bonds. The van der Waals surface area contributed by atoms with Crippen LogP contribution in [0.5, 0.6) is 11.5 Å². The molecule has 2 heterocycles. The van der Waals surface area contributed by atoms with Gasteiger partial charge < -0.3 is 14.5 Å². The van der Waals surface area contributed by atoms with Gasteiger partial charge in [0, 0.05) is 32.2 Å². The molecule has 0 saturated carbocycles. The van der Waals surface area contributed by atoms with Gasteiger partial charge in [0.15, 0.2) is 5.75 Å². The molecule has 0 N–H and O–H groups in total. The van der Waals surface area contributed by atoms with Crippen molar-refractivity contribution in [3.05, 3.63) is 23.8 Å². The van der Waals surface area contributed by atoms with Gasteiger partial charge in [-0.05, 0) is 44.2 Å². The highest BCUT2D eigenvalue weighted by Gasteiger charge is 2.22. The third kappa shape index (κ3) is 3.96. The van der Waals surface area contributed by atoms with Crippen LogP contribution in [-0.4, -0.2) is 49.2 Å². The highest BCUT2D eigenvalue weighted by Crippen LogP contribution is 2.28. The second-order valence-electron chi connectivity index (χ2n) is 6.30. The van der Waals surface area contributed by atoms with Crippen LogP contribution in [0.25, 0.3) is 0 Å². The fourth-order valence-electron chi connectivity index (χ4n) is 3.28. The minimum absolute atomic E-state index is 0.0612. The first-order chi connectivity index (χ1) is 11.3. The average Bonchev–Trinajstić information content (AvgIpc) is 2.62. The maximum atomic E-state index is 12.7. The number of ether oxygens (including phenoxy) is 1. The smallest absolute Gasteiger partial charge is 0.257 e. The van der Waals surface area contributed by atoms with Crippen LogP contribution in [0.15, 0.2) is 18.2 Å². The van der Waals surface area contributed by atoms with E-state index in [2.05, 4.69) is 0 Å². The Bertz CT molecular complexity index is 535. The molecular weight excluding hydrogens is 292 g/mol. The van der Waals surface area contributed by atoms with Gasteiger partial charge in [-0.1, -0.05) is 6.42 Å². The van der Waals surface area contributed by atoms with Crippen LogP contribution < -0.4 is 9.57 Å². The van der Waals surface area contributed by atoms with Crippen LogP contribution in [0.2, 0.25) is 0 Å². The third-order valence-corrected chi connectivity index (χ3v) is 4.60. The number of nitrogens with zero attached hydrogens (tertiary/aromatic N) is 2. The van der Waals surface area contributed by atoms with Crippen LogP contribution in [-0.2, 0) is 0 Å². The number of hydroxylamine groups is 2. The molecule has 126 valence electrons. The molecule has 0 aromatic heterocycles. The van der Waals surface area contributed by atoms with Crippen LogP contribution >= 0.6 is 0 Å². The van der Waals surface area contributed by atoms with Crippen molar-refractivity contribution in [2.45, 2.75) is 38.5 Å². The maximum absolute atomic E-state index is 12.7. The number of likely N-dealkylation sites (tertiary alicyclic amines) is 1. The Labute approximate surface area is 138 Å². The zero-order chi connectivity index (χ0) is 16.1. The first kappa shape index (κ1) is 16.1. The lowest BCUT2D eigenvalue weighted by Gasteiger charge is -2.28. The summed E-state index contributed by atoms with van der Waals surface area (Å²) >= 11 is 0. The van der Waals surface area contributed by atoms with Crippen molar-refractivity contribution in [3.63, 3.8) is 0 Å². The largest absolute Gasteiger partial charge is 0.496 e. The number of carbonyl (C=O) groups is 1. The molecule has 5 nitrogen and oxygen atoms in total. The molecule has 1 aromatic rings. The molecule has 0 aliphatic carbocycles. The van der Waals surface area contributed by atoms with Gasteiger partial charge in [-0.2, -0.15) is 0 Å². The van der Waals surface area contributed by atoms with E-state index in [0.717, 1.165) is 44.8 Å². The number of amides is 1. The van der Waals surface area contributed by atoms with Crippen LogP contribution in [0.3, 0.4) is 0 Å². The van der Waals surface area contributed by atoms with Gasteiger partial charge in [0.2, 0.25) is 0 Å². The van der Waals surface area contributed by atoms with E-state index in [-0.39, 0.29) is 5.91 Å². The monoisotopic (exact) mass is 318 g/mol. The quantitative estimate of drug-likeness (QED) is 0.855. The van der Waals surface area contributed by atoms with Gasteiger partial charge in [0.05, 0.1) is 12.7 Å². The number of rotatable bonds is 4. The molecule has 0 radical (unpaired) electrons. The van der Waals surface area contributed by atoms with Crippen molar-refractivity contribution in [1.29, 1.82) is 0 Å². The third-order valence-electron chi connectivity index (χ3n) is 4.60. The number of hydrogen-bond acceptors (Lipinski definition) is 4. The molecule has 2 fully saturated rings. The molecule has 23 heavy (non-hydrogen) atoms. The van der Waals surface area contributed by atoms with Gasteiger partial charge in [0.25, 0.3) is 5.91 Å². The lowest BCUT2D eigenvalue weighted by molar-refractivity contribution is -0.0721. The van der Waals surface area contributed by atoms with Crippen molar-refractivity contribution in [2.24, 2.45) is 0 Å². The van der Waals surface area contributed by atoms with Crippen molar-refractivity contribution in [3.8, 4) is 11.5 Å². The Morgan fingerprint density at radius 3 is 2.26 bits per heavy atom. The topological polar surface area (TPSA) is 42.0 Å². The van der Waals surface area contributed by atoms with E-state index in [4.69, 9.17) is 9.57 Å². The number of hydrogen-bond donors (Lipinski definition) is 0. The van der Waals surface area contributed by atoms with Crippen molar-refractivity contribution in [2.75, 3.05) is 33.3 Å².